The van der Waals surface area contributed by atoms with Crippen LogP contribution >= 0.6 is 0 Å². The molecule has 1 amide bonds. The van der Waals surface area contributed by atoms with E-state index in [-0.39, 0.29) is 19.0 Å². The van der Waals surface area contributed by atoms with Crippen molar-refractivity contribution in [3.8, 4) is 0 Å². The third-order valence-corrected chi connectivity index (χ3v) is 4.60. The van der Waals surface area contributed by atoms with Crippen LogP contribution in [0.5, 0.6) is 0 Å². The molecule has 0 bridgehead atoms. The maximum Gasteiger partial charge on any atom is 0.318 e. The maximum absolute atomic E-state index is 12.8. The van der Waals surface area contributed by atoms with Crippen molar-refractivity contribution in [3.63, 3.8) is 0 Å². The third kappa shape index (κ3) is 4.78. The first-order valence-corrected chi connectivity index (χ1v) is 9.41. The van der Waals surface area contributed by atoms with Gasteiger partial charge in [-0.2, -0.15) is 0 Å². The van der Waals surface area contributed by atoms with E-state index in [2.05, 4.69) is 10.3 Å². The standard InChI is InChI=1S/C21H24N4O4/c1-15-6-8-16(9-7-15)13-25-19-17(5-3-10-23-19)24(20(27)21(25)28)14-18(26)22-11-4-12-29-2/h3,5-10H,4,11-14H2,1-2H3,(H,22,26). The molecule has 0 aliphatic heterocycles. The van der Waals surface area contributed by atoms with Gasteiger partial charge >= 0.3 is 11.1 Å². The lowest BCUT2D eigenvalue weighted by atomic mass is 10.1. The summed E-state index contributed by atoms with van der Waals surface area (Å²) in [5.74, 6) is -0.343. The second-order valence-electron chi connectivity index (χ2n) is 6.81. The number of carbonyl (C=O) groups is 1. The molecule has 0 atom stereocenters. The SMILES string of the molecule is COCCCNC(=O)Cn1c(=O)c(=O)n(Cc2ccc(C)cc2)c2ncccc21. The Balaban J connectivity index is 1.96. The highest BCUT2D eigenvalue weighted by Crippen LogP contribution is 2.10. The highest BCUT2D eigenvalue weighted by Gasteiger charge is 2.16. The summed E-state index contributed by atoms with van der Waals surface area (Å²) in [6.45, 7) is 2.93. The molecule has 0 radical (unpaired) electrons. The summed E-state index contributed by atoms with van der Waals surface area (Å²) in [6.07, 6.45) is 2.23. The minimum Gasteiger partial charge on any atom is -0.385 e. The van der Waals surface area contributed by atoms with Crippen LogP contribution < -0.4 is 16.4 Å². The van der Waals surface area contributed by atoms with Gasteiger partial charge in [-0.15, -0.1) is 0 Å². The fourth-order valence-electron chi connectivity index (χ4n) is 3.07. The van der Waals surface area contributed by atoms with E-state index in [1.807, 2.05) is 31.2 Å². The molecule has 8 nitrogen and oxygen atoms in total. The van der Waals surface area contributed by atoms with Gasteiger partial charge in [0.15, 0.2) is 5.65 Å². The van der Waals surface area contributed by atoms with Gasteiger partial charge in [0, 0.05) is 26.5 Å². The van der Waals surface area contributed by atoms with E-state index in [0.717, 1.165) is 11.1 Å². The molecule has 0 spiro atoms. The molecule has 8 heteroatoms. The molecule has 0 aliphatic carbocycles. The Labute approximate surface area is 167 Å². The molecule has 3 aromatic rings. The van der Waals surface area contributed by atoms with E-state index < -0.39 is 11.1 Å². The van der Waals surface area contributed by atoms with Crippen LogP contribution in [0.1, 0.15) is 17.5 Å². The molecule has 0 fully saturated rings. The average molecular weight is 396 g/mol. The second kappa shape index (κ2) is 9.29. The van der Waals surface area contributed by atoms with E-state index in [1.54, 1.807) is 25.4 Å². The first kappa shape index (κ1) is 20.5. The average Bonchev–Trinajstić information content (AvgIpc) is 2.73. The predicted molar refractivity (Wildman–Crippen MR) is 110 cm³/mol. The number of nitrogens with zero attached hydrogens (tertiary/aromatic N) is 3. The Morgan fingerprint density at radius 2 is 1.83 bits per heavy atom. The van der Waals surface area contributed by atoms with Gasteiger partial charge in [0.05, 0.1) is 12.1 Å². The molecule has 1 aromatic carbocycles. The fraction of sp³-hybridized carbons (Fsp3) is 0.333. The second-order valence-corrected chi connectivity index (χ2v) is 6.81. The van der Waals surface area contributed by atoms with Crippen LogP contribution in [-0.4, -0.2) is 40.3 Å². The molecular weight excluding hydrogens is 372 g/mol. The van der Waals surface area contributed by atoms with Crippen molar-refractivity contribution in [1.29, 1.82) is 0 Å². The number of nitrogens with one attached hydrogen (secondary N) is 1. The Kier molecular flexibility index (Phi) is 6.56. The summed E-state index contributed by atoms with van der Waals surface area (Å²) in [6, 6.07) is 11.1. The van der Waals surface area contributed by atoms with Crippen molar-refractivity contribution in [1.82, 2.24) is 19.4 Å². The molecule has 29 heavy (non-hydrogen) atoms. The first-order chi connectivity index (χ1) is 14.0. The van der Waals surface area contributed by atoms with Gasteiger partial charge in [-0.05, 0) is 31.0 Å². The molecule has 0 unspecified atom stereocenters. The minimum absolute atomic E-state index is 0.228. The van der Waals surface area contributed by atoms with E-state index in [0.29, 0.717) is 30.7 Å². The molecule has 2 aromatic heterocycles. The van der Waals surface area contributed by atoms with Crippen molar-refractivity contribution in [3.05, 3.63) is 74.4 Å². The number of amides is 1. The van der Waals surface area contributed by atoms with Crippen LogP contribution in [0.4, 0.5) is 0 Å². The van der Waals surface area contributed by atoms with E-state index in [1.165, 1.54) is 9.13 Å². The van der Waals surface area contributed by atoms with Crippen LogP contribution in [0, 0.1) is 6.92 Å². The zero-order chi connectivity index (χ0) is 20.8. The van der Waals surface area contributed by atoms with Crippen molar-refractivity contribution in [2.24, 2.45) is 0 Å². The summed E-state index contributed by atoms with van der Waals surface area (Å²) >= 11 is 0. The van der Waals surface area contributed by atoms with E-state index in [9.17, 15) is 14.4 Å². The summed E-state index contributed by atoms with van der Waals surface area (Å²) in [5.41, 5.74) is 1.35. The van der Waals surface area contributed by atoms with Gasteiger partial charge < -0.3 is 10.1 Å². The summed E-state index contributed by atoms with van der Waals surface area (Å²) < 4.78 is 7.48. The van der Waals surface area contributed by atoms with Gasteiger partial charge in [-0.25, -0.2) is 4.98 Å². The third-order valence-electron chi connectivity index (χ3n) is 4.60. The topological polar surface area (TPSA) is 95.2 Å². The zero-order valence-corrected chi connectivity index (χ0v) is 16.6. The molecule has 1 N–H and O–H groups in total. The number of rotatable bonds is 8. The number of aryl methyl sites for hydroxylation is 1. The minimum atomic E-state index is -0.746. The number of benzene rings is 1. The van der Waals surface area contributed by atoms with E-state index >= 15 is 0 Å². The normalized spacial score (nSPS) is 11.0. The maximum atomic E-state index is 12.8. The largest absolute Gasteiger partial charge is 0.385 e. The molecule has 0 saturated heterocycles. The lowest BCUT2D eigenvalue weighted by Crippen LogP contribution is -2.44. The Morgan fingerprint density at radius 3 is 2.55 bits per heavy atom. The summed E-state index contributed by atoms with van der Waals surface area (Å²) in [4.78, 5) is 42.1. The molecule has 3 rings (SSSR count). The molecule has 0 saturated carbocycles. The predicted octanol–water partition coefficient (Wildman–Crippen LogP) is 1.07. The monoisotopic (exact) mass is 396 g/mol. The van der Waals surface area contributed by atoms with Gasteiger partial charge in [-0.3, -0.25) is 23.5 Å². The van der Waals surface area contributed by atoms with Crippen LogP contribution in [0.15, 0.2) is 52.2 Å². The quantitative estimate of drug-likeness (QED) is 0.454. The molecule has 2 heterocycles. The summed E-state index contributed by atoms with van der Waals surface area (Å²) in [5, 5.41) is 2.73. The smallest absolute Gasteiger partial charge is 0.318 e. The van der Waals surface area contributed by atoms with Crippen molar-refractivity contribution < 1.29 is 9.53 Å². The summed E-state index contributed by atoms with van der Waals surface area (Å²) in [7, 11) is 1.59. The van der Waals surface area contributed by atoms with Gasteiger partial charge in [0.1, 0.15) is 6.54 Å². The number of aromatic nitrogens is 3. The highest BCUT2D eigenvalue weighted by atomic mass is 16.5. The highest BCUT2D eigenvalue weighted by molar-refractivity contribution is 5.78. The first-order valence-electron chi connectivity index (χ1n) is 9.41. The van der Waals surface area contributed by atoms with Crippen molar-refractivity contribution >= 4 is 17.1 Å². The lowest BCUT2D eigenvalue weighted by molar-refractivity contribution is -0.121. The molecule has 0 aliphatic rings. The van der Waals surface area contributed by atoms with Gasteiger partial charge in [0.25, 0.3) is 0 Å². The number of methoxy groups -OCH3 is 1. The number of hydrogen-bond acceptors (Lipinski definition) is 5. The number of pyridine rings is 1. The van der Waals surface area contributed by atoms with Gasteiger partial charge in [-0.1, -0.05) is 29.8 Å². The van der Waals surface area contributed by atoms with Crippen LogP contribution in [-0.2, 0) is 22.6 Å². The van der Waals surface area contributed by atoms with Crippen LogP contribution in [0.3, 0.4) is 0 Å². The number of carbonyl (C=O) groups excluding carboxylic acids is 1. The Bertz CT molecular complexity index is 1120. The van der Waals surface area contributed by atoms with E-state index in [4.69, 9.17) is 4.74 Å². The fourth-order valence-corrected chi connectivity index (χ4v) is 3.07. The molecule has 152 valence electrons. The lowest BCUT2D eigenvalue weighted by Gasteiger charge is -2.14. The zero-order valence-electron chi connectivity index (χ0n) is 16.6. The molecular formula is C21H24N4O4. The number of hydrogen-bond donors (Lipinski definition) is 1. The Hall–Kier alpha value is -3.26. The van der Waals surface area contributed by atoms with Gasteiger partial charge in [0.2, 0.25) is 5.91 Å². The number of fused-ring (bicyclic) bond motifs is 1. The van der Waals surface area contributed by atoms with Crippen molar-refractivity contribution in [2.45, 2.75) is 26.4 Å². The van der Waals surface area contributed by atoms with Crippen molar-refractivity contribution in [2.75, 3.05) is 20.3 Å². The van der Waals surface area contributed by atoms with Crippen LogP contribution in [0.25, 0.3) is 11.2 Å². The Morgan fingerprint density at radius 1 is 1.10 bits per heavy atom. The van der Waals surface area contributed by atoms with Crippen LogP contribution in [0.2, 0.25) is 0 Å². The number of ether oxygens (including phenoxy) is 1.